The Morgan fingerprint density at radius 3 is 2.81 bits per heavy atom. The number of aromatic nitrogens is 2. The van der Waals surface area contributed by atoms with Gasteiger partial charge in [-0.15, -0.1) is 0 Å². The molecule has 0 radical (unpaired) electrons. The van der Waals surface area contributed by atoms with Crippen molar-refractivity contribution in [3.8, 4) is 11.3 Å². The highest BCUT2D eigenvalue weighted by Crippen LogP contribution is 2.53. The zero-order chi connectivity index (χ0) is 18.2. The predicted octanol–water partition coefficient (Wildman–Crippen LogP) is 2.44. The van der Waals surface area contributed by atoms with E-state index in [0.29, 0.717) is 24.6 Å². The number of aliphatic hydroxyl groups is 1. The van der Waals surface area contributed by atoms with Gasteiger partial charge in [0.25, 0.3) is 5.56 Å². The van der Waals surface area contributed by atoms with Gasteiger partial charge in [-0.1, -0.05) is 50.1 Å². The van der Waals surface area contributed by atoms with Crippen LogP contribution in [0.1, 0.15) is 32.6 Å². The molecule has 2 heterocycles. The maximum atomic E-state index is 12.7. The number of nitrogens with one attached hydrogen (secondary N) is 1. The van der Waals surface area contributed by atoms with Crippen LogP contribution in [0.15, 0.2) is 47.5 Å². The van der Waals surface area contributed by atoms with E-state index in [1.165, 1.54) is 0 Å². The number of nitrogens with zero attached hydrogens (tertiary/aromatic N) is 2. The van der Waals surface area contributed by atoms with Gasteiger partial charge >= 0.3 is 0 Å². The summed E-state index contributed by atoms with van der Waals surface area (Å²) in [5.41, 5.74) is 0.481. The number of hydrogen-bond acceptors (Lipinski definition) is 4. The Bertz CT molecular complexity index is 835. The van der Waals surface area contributed by atoms with E-state index in [4.69, 9.17) is 0 Å². The molecule has 1 aliphatic heterocycles. The SMILES string of the molecule is CC1CCCC12CNCCC2(O)Cn1cnc(-c2ccccc2)cc1=O. The third-order valence-electron chi connectivity index (χ3n) is 6.67. The molecule has 2 aliphatic rings. The lowest BCUT2D eigenvalue weighted by Gasteiger charge is -2.51. The normalized spacial score (nSPS) is 31.4. The number of rotatable bonds is 3. The molecule has 138 valence electrons. The second-order valence-electron chi connectivity index (χ2n) is 8.01. The number of hydrogen-bond donors (Lipinski definition) is 2. The molecule has 0 bridgehead atoms. The molecule has 26 heavy (non-hydrogen) atoms. The Morgan fingerprint density at radius 1 is 1.31 bits per heavy atom. The van der Waals surface area contributed by atoms with Gasteiger partial charge in [0.05, 0.1) is 24.2 Å². The molecular formula is C21H27N3O2. The van der Waals surface area contributed by atoms with Crippen LogP contribution in [0.4, 0.5) is 0 Å². The van der Waals surface area contributed by atoms with Gasteiger partial charge in [0, 0.05) is 23.6 Å². The fraction of sp³-hybridized carbons (Fsp3) is 0.524. The Kier molecular flexibility index (Phi) is 4.45. The fourth-order valence-electron chi connectivity index (χ4n) is 5.05. The molecule has 1 aromatic heterocycles. The minimum atomic E-state index is -0.867. The molecule has 2 aromatic rings. The first kappa shape index (κ1) is 17.4. The van der Waals surface area contributed by atoms with Crippen LogP contribution in [0.25, 0.3) is 11.3 Å². The van der Waals surface area contributed by atoms with Crippen LogP contribution in [0.3, 0.4) is 0 Å². The highest BCUT2D eigenvalue weighted by molar-refractivity contribution is 5.57. The first-order valence-corrected chi connectivity index (χ1v) is 9.59. The second-order valence-corrected chi connectivity index (χ2v) is 8.01. The first-order valence-electron chi connectivity index (χ1n) is 9.59. The van der Waals surface area contributed by atoms with Crippen molar-refractivity contribution in [1.29, 1.82) is 0 Å². The van der Waals surface area contributed by atoms with E-state index < -0.39 is 5.60 Å². The van der Waals surface area contributed by atoms with E-state index >= 15 is 0 Å². The van der Waals surface area contributed by atoms with Gasteiger partial charge in [-0.3, -0.25) is 9.36 Å². The highest BCUT2D eigenvalue weighted by atomic mass is 16.3. The van der Waals surface area contributed by atoms with Crippen LogP contribution in [0.2, 0.25) is 0 Å². The number of piperidine rings is 1. The molecule has 1 aromatic carbocycles. The molecular weight excluding hydrogens is 326 g/mol. The zero-order valence-electron chi connectivity index (χ0n) is 15.3. The first-order chi connectivity index (χ1) is 12.5. The van der Waals surface area contributed by atoms with E-state index in [9.17, 15) is 9.90 Å². The third kappa shape index (κ3) is 2.79. The lowest BCUT2D eigenvalue weighted by molar-refractivity contribution is -0.133. The quantitative estimate of drug-likeness (QED) is 0.889. The maximum Gasteiger partial charge on any atom is 0.253 e. The molecule has 1 spiro atoms. The van der Waals surface area contributed by atoms with Crippen molar-refractivity contribution in [2.24, 2.45) is 11.3 Å². The summed E-state index contributed by atoms with van der Waals surface area (Å²) in [6.45, 7) is 4.18. The minimum absolute atomic E-state index is 0.105. The third-order valence-corrected chi connectivity index (χ3v) is 6.67. The average molecular weight is 353 g/mol. The smallest absolute Gasteiger partial charge is 0.253 e. The van der Waals surface area contributed by atoms with Gasteiger partial charge in [-0.25, -0.2) is 4.98 Å². The molecule has 2 fully saturated rings. The van der Waals surface area contributed by atoms with Crippen LogP contribution in [0, 0.1) is 11.3 Å². The van der Waals surface area contributed by atoms with E-state index in [1.54, 1.807) is 17.0 Å². The Labute approximate surface area is 154 Å². The van der Waals surface area contributed by atoms with Crippen molar-refractivity contribution < 1.29 is 5.11 Å². The van der Waals surface area contributed by atoms with E-state index in [-0.39, 0.29) is 11.0 Å². The van der Waals surface area contributed by atoms with Crippen molar-refractivity contribution >= 4 is 0 Å². The molecule has 5 nitrogen and oxygen atoms in total. The summed E-state index contributed by atoms with van der Waals surface area (Å²) in [5, 5.41) is 15.1. The molecule has 4 rings (SSSR count). The lowest BCUT2D eigenvalue weighted by atomic mass is 9.62. The molecule has 5 heteroatoms. The van der Waals surface area contributed by atoms with Gasteiger partial charge in [0.1, 0.15) is 0 Å². The topological polar surface area (TPSA) is 67.2 Å². The van der Waals surface area contributed by atoms with Crippen LogP contribution in [-0.4, -0.2) is 33.3 Å². The molecule has 1 saturated heterocycles. The van der Waals surface area contributed by atoms with E-state index in [0.717, 1.165) is 37.9 Å². The fourth-order valence-corrected chi connectivity index (χ4v) is 5.05. The predicted molar refractivity (Wildman–Crippen MR) is 102 cm³/mol. The minimum Gasteiger partial charge on any atom is -0.387 e. The Hall–Kier alpha value is -1.98. The standard InChI is InChI=1S/C21H27N3O2/c1-16-6-5-9-20(16)13-22-11-10-21(20,26)14-24-15-23-18(12-19(24)25)17-7-3-2-4-8-17/h2-4,7-8,12,15-16,22,26H,5-6,9-11,13-14H2,1H3. The molecule has 2 N–H and O–H groups in total. The summed E-state index contributed by atoms with van der Waals surface area (Å²) in [7, 11) is 0. The summed E-state index contributed by atoms with van der Waals surface area (Å²) in [4.78, 5) is 17.2. The van der Waals surface area contributed by atoms with Crippen molar-refractivity contribution in [3.05, 3.63) is 53.1 Å². The van der Waals surface area contributed by atoms with Crippen molar-refractivity contribution in [3.63, 3.8) is 0 Å². The van der Waals surface area contributed by atoms with E-state index in [2.05, 4.69) is 17.2 Å². The molecule has 1 aliphatic carbocycles. The van der Waals surface area contributed by atoms with Crippen molar-refractivity contribution in [1.82, 2.24) is 14.9 Å². The summed E-state index contributed by atoms with van der Waals surface area (Å²) in [6.07, 6.45) is 5.57. The zero-order valence-corrected chi connectivity index (χ0v) is 15.3. The summed E-state index contributed by atoms with van der Waals surface area (Å²) in [5.74, 6) is 0.451. The van der Waals surface area contributed by atoms with Crippen LogP contribution < -0.4 is 10.9 Å². The molecule has 3 atom stereocenters. The van der Waals surface area contributed by atoms with E-state index in [1.807, 2.05) is 30.3 Å². The van der Waals surface area contributed by atoms with Crippen molar-refractivity contribution in [2.75, 3.05) is 13.1 Å². The molecule has 1 saturated carbocycles. The maximum absolute atomic E-state index is 12.7. The van der Waals surface area contributed by atoms with Gasteiger partial charge in [0.2, 0.25) is 0 Å². The van der Waals surface area contributed by atoms with Crippen LogP contribution in [-0.2, 0) is 6.54 Å². The van der Waals surface area contributed by atoms with Gasteiger partial charge < -0.3 is 10.4 Å². The molecule has 0 amide bonds. The van der Waals surface area contributed by atoms with Gasteiger partial charge in [-0.2, -0.15) is 0 Å². The van der Waals surface area contributed by atoms with Crippen molar-refractivity contribution in [2.45, 2.75) is 44.8 Å². The monoisotopic (exact) mass is 353 g/mol. The molecule has 3 unspecified atom stereocenters. The largest absolute Gasteiger partial charge is 0.387 e. The summed E-state index contributed by atoms with van der Waals surface area (Å²) < 4.78 is 1.59. The lowest BCUT2D eigenvalue weighted by Crippen LogP contribution is -2.62. The Morgan fingerprint density at radius 2 is 2.12 bits per heavy atom. The summed E-state index contributed by atoms with van der Waals surface area (Å²) >= 11 is 0. The summed E-state index contributed by atoms with van der Waals surface area (Å²) in [6, 6.07) is 11.3. The van der Waals surface area contributed by atoms with Gasteiger partial charge in [0.15, 0.2) is 0 Å². The van der Waals surface area contributed by atoms with Crippen LogP contribution >= 0.6 is 0 Å². The average Bonchev–Trinajstić information content (AvgIpc) is 3.02. The highest BCUT2D eigenvalue weighted by Gasteiger charge is 2.56. The van der Waals surface area contributed by atoms with Gasteiger partial charge in [-0.05, 0) is 25.3 Å². The Balaban J connectivity index is 1.65. The van der Waals surface area contributed by atoms with Crippen LogP contribution in [0.5, 0.6) is 0 Å². The second kappa shape index (κ2) is 6.63. The number of benzene rings is 1.